The van der Waals surface area contributed by atoms with Crippen LogP contribution < -0.4 is 5.32 Å². The molecule has 4 nitrogen and oxygen atoms in total. The number of rotatable bonds is 6. The molecule has 0 spiro atoms. The molecule has 2 N–H and O–H groups in total. The van der Waals surface area contributed by atoms with Gasteiger partial charge in [-0.25, -0.2) is 4.79 Å². The van der Waals surface area contributed by atoms with Crippen LogP contribution in [0.5, 0.6) is 0 Å². The predicted octanol–water partition coefficient (Wildman–Crippen LogP) is 3.88. The van der Waals surface area contributed by atoms with Crippen molar-refractivity contribution >= 4 is 17.6 Å². The van der Waals surface area contributed by atoms with Gasteiger partial charge in [-0.1, -0.05) is 35.9 Å². The van der Waals surface area contributed by atoms with Crippen molar-refractivity contribution in [1.82, 2.24) is 5.32 Å². The summed E-state index contributed by atoms with van der Waals surface area (Å²) in [5, 5.41) is 13.3. The minimum absolute atomic E-state index is 0.0180. The highest BCUT2D eigenvalue weighted by Gasteiger charge is 2.34. The fraction of sp³-hybridized carbons (Fsp3) is 0.350. The number of ether oxygens (including phenoxy) is 1. The highest BCUT2D eigenvalue weighted by molar-refractivity contribution is 6.30. The van der Waals surface area contributed by atoms with Gasteiger partial charge < -0.3 is 15.2 Å². The van der Waals surface area contributed by atoms with E-state index in [-0.39, 0.29) is 5.41 Å². The lowest BCUT2D eigenvalue weighted by Gasteiger charge is -2.38. The maximum absolute atomic E-state index is 10.9. The third kappa shape index (κ3) is 4.40. The third-order valence-corrected chi connectivity index (χ3v) is 5.12. The van der Waals surface area contributed by atoms with E-state index >= 15 is 0 Å². The predicted molar refractivity (Wildman–Crippen MR) is 98.3 cm³/mol. The zero-order valence-electron chi connectivity index (χ0n) is 14.0. The molecule has 0 bridgehead atoms. The number of carboxylic acid groups (broad SMARTS) is 1. The summed E-state index contributed by atoms with van der Waals surface area (Å²) >= 11 is 6.20. The summed E-state index contributed by atoms with van der Waals surface area (Å²) in [7, 11) is 0. The fourth-order valence-corrected chi connectivity index (χ4v) is 3.55. The van der Waals surface area contributed by atoms with E-state index in [1.807, 2.05) is 24.3 Å². The van der Waals surface area contributed by atoms with Gasteiger partial charge in [0.1, 0.15) is 0 Å². The van der Waals surface area contributed by atoms with Crippen LogP contribution in [0, 0.1) is 0 Å². The largest absolute Gasteiger partial charge is 0.478 e. The van der Waals surface area contributed by atoms with Crippen LogP contribution in [-0.2, 0) is 16.7 Å². The molecule has 1 aliphatic rings. The second-order valence-electron chi connectivity index (χ2n) is 6.51. The molecule has 0 radical (unpaired) electrons. The number of halogens is 1. The van der Waals surface area contributed by atoms with Crippen molar-refractivity contribution in [2.75, 3.05) is 19.8 Å². The number of carbonyl (C=O) groups is 1. The van der Waals surface area contributed by atoms with Gasteiger partial charge in [-0.15, -0.1) is 0 Å². The quantitative estimate of drug-likeness (QED) is 0.821. The van der Waals surface area contributed by atoms with E-state index in [4.69, 9.17) is 21.4 Å². The number of hydrogen-bond acceptors (Lipinski definition) is 3. The third-order valence-electron chi connectivity index (χ3n) is 4.88. The van der Waals surface area contributed by atoms with E-state index < -0.39 is 5.97 Å². The zero-order chi connectivity index (χ0) is 17.7. The lowest BCUT2D eigenvalue weighted by Crippen LogP contribution is -2.42. The lowest BCUT2D eigenvalue weighted by atomic mass is 9.74. The first-order chi connectivity index (χ1) is 12.1. The van der Waals surface area contributed by atoms with Gasteiger partial charge >= 0.3 is 5.97 Å². The zero-order valence-corrected chi connectivity index (χ0v) is 14.8. The minimum atomic E-state index is -0.901. The fourth-order valence-electron chi connectivity index (χ4n) is 3.36. The summed E-state index contributed by atoms with van der Waals surface area (Å²) in [5.41, 5.74) is 2.64. The molecule has 1 fully saturated rings. The van der Waals surface area contributed by atoms with Crippen molar-refractivity contribution in [3.05, 3.63) is 70.2 Å². The van der Waals surface area contributed by atoms with Crippen molar-refractivity contribution in [2.24, 2.45) is 0 Å². The molecular weight excluding hydrogens is 338 g/mol. The smallest absolute Gasteiger partial charge is 0.335 e. The first-order valence-electron chi connectivity index (χ1n) is 8.46. The normalized spacial score (nSPS) is 16.5. The molecule has 0 amide bonds. The molecule has 0 atom stereocenters. The summed E-state index contributed by atoms with van der Waals surface area (Å²) < 4.78 is 5.56. The maximum Gasteiger partial charge on any atom is 0.335 e. The van der Waals surface area contributed by atoms with Gasteiger partial charge in [-0.3, -0.25) is 0 Å². The molecule has 25 heavy (non-hydrogen) atoms. The molecule has 1 aliphatic heterocycles. The molecule has 1 heterocycles. The monoisotopic (exact) mass is 359 g/mol. The van der Waals surface area contributed by atoms with Crippen LogP contribution in [-0.4, -0.2) is 30.8 Å². The van der Waals surface area contributed by atoms with E-state index in [2.05, 4.69) is 17.4 Å². The van der Waals surface area contributed by atoms with Crippen LogP contribution in [0.1, 0.15) is 34.3 Å². The molecule has 2 aromatic carbocycles. The Morgan fingerprint density at radius 3 is 2.52 bits per heavy atom. The van der Waals surface area contributed by atoms with Gasteiger partial charge in [-0.05, 0) is 48.2 Å². The van der Waals surface area contributed by atoms with Gasteiger partial charge in [0.2, 0.25) is 0 Å². The van der Waals surface area contributed by atoms with Crippen molar-refractivity contribution in [3.8, 4) is 0 Å². The highest BCUT2D eigenvalue weighted by Crippen LogP contribution is 2.35. The Kier molecular flexibility index (Phi) is 5.74. The van der Waals surface area contributed by atoms with Gasteiger partial charge in [0.05, 0.1) is 5.56 Å². The van der Waals surface area contributed by atoms with E-state index in [1.165, 1.54) is 5.56 Å². The van der Waals surface area contributed by atoms with Crippen molar-refractivity contribution in [2.45, 2.75) is 24.8 Å². The van der Waals surface area contributed by atoms with Gasteiger partial charge in [-0.2, -0.15) is 0 Å². The Morgan fingerprint density at radius 1 is 1.16 bits per heavy atom. The molecule has 132 valence electrons. The first-order valence-corrected chi connectivity index (χ1v) is 8.84. The molecule has 3 rings (SSSR count). The van der Waals surface area contributed by atoms with Crippen molar-refractivity contribution in [3.63, 3.8) is 0 Å². The van der Waals surface area contributed by atoms with Crippen LogP contribution in [0.25, 0.3) is 0 Å². The molecule has 0 saturated carbocycles. The SMILES string of the molecule is O=C(O)c1ccc(CNCC2(c3cccc(Cl)c3)CCOCC2)cc1. The molecule has 0 aromatic heterocycles. The Hall–Kier alpha value is -1.88. The van der Waals surface area contributed by atoms with E-state index in [0.29, 0.717) is 12.1 Å². The van der Waals surface area contributed by atoms with Gasteiger partial charge in [0.25, 0.3) is 0 Å². The van der Waals surface area contributed by atoms with Crippen LogP contribution in [0.15, 0.2) is 48.5 Å². The number of benzene rings is 2. The van der Waals surface area contributed by atoms with Crippen molar-refractivity contribution in [1.29, 1.82) is 0 Å². The van der Waals surface area contributed by atoms with Crippen LogP contribution >= 0.6 is 11.6 Å². The van der Waals surface area contributed by atoms with Gasteiger partial charge in [0.15, 0.2) is 0 Å². The number of aromatic carboxylic acids is 1. The first kappa shape index (κ1) is 17.9. The molecule has 2 aromatic rings. The standard InChI is InChI=1S/C20H22ClNO3/c21-18-3-1-2-17(12-18)20(8-10-25-11-9-20)14-22-13-15-4-6-16(7-5-15)19(23)24/h1-7,12,22H,8-11,13-14H2,(H,23,24). The molecule has 1 saturated heterocycles. The van der Waals surface area contributed by atoms with Crippen LogP contribution in [0.2, 0.25) is 5.02 Å². The topological polar surface area (TPSA) is 58.6 Å². The molecule has 5 heteroatoms. The van der Waals surface area contributed by atoms with E-state index in [0.717, 1.165) is 43.2 Å². The average molecular weight is 360 g/mol. The van der Waals surface area contributed by atoms with Crippen LogP contribution in [0.4, 0.5) is 0 Å². The average Bonchev–Trinajstić information content (AvgIpc) is 2.63. The van der Waals surface area contributed by atoms with Crippen molar-refractivity contribution < 1.29 is 14.6 Å². The summed E-state index contributed by atoms with van der Waals surface area (Å²) in [6.07, 6.45) is 1.91. The molecular formula is C20H22ClNO3. The highest BCUT2D eigenvalue weighted by atomic mass is 35.5. The van der Waals surface area contributed by atoms with E-state index in [1.54, 1.807) is 12.1 Å². The molecule has 0 unspecified atom stereocenters. The number of hydrogen-bond donors (Lipinski definition) is 2. The number of nitrogens with one attached hydrogen (secondary N) is 1. The summed E-state index contributed by atoms with van der Waals surface area (Å²) in [5.74, 6) is -0.901. The second kappa shape index (κ2) is 8.00. The minimum Gasteiger partial charge on any atom is -0.478 e. The summed E-state index contributed by atoms with van der Waals surface area (Å²) in [6.45, 7) is 3.03. The number of carboxylic acids is 1. The second-order valence-corrected chi connectivity index (χ2v) is 6.95. The van der Waals surface area contributed by atoms with E-state index in [9.17, 15) is 4.79 Å². The van der Waals surface area contributed by atoms with Crippen LogP contribution in [0.3, 0.4) is 0 Å². The summed E-state index contributed by atoms with van der Waals surface area (Å²) in [4.78, 5) is 10.9. The Morgan fingerprint density at radius 2 is 1.88 bits per heavy atom. The Labute approximate surface area is 152 Å². The lowest BCUT2D eigenvalue weighted by molar-refractivity contribution is 0.0498. The maximum atomic E-state index is 10.9. The van der Waals surface area contributed by atoms with Gasteiger partial charge in [0, 0.05) is 36.7 Å². The molecule has 0 aliphatic carbocycles. The Balaban J connectivity index is 1.68. The Bertz CT molecular complexity index is 724. The summed E-state index contributed by atoms with van der Waals surface area (Å²) in [6, 6.07) is 15.1.